The minimum atomic E-state index is -0.800. The maximum atomic E-state index is 12.6. The van der Waals surface area contributed by atoms with Crippen LogP contribution < -0.4 is 5.32 Å². The summed E-state index contributed by atoms with van der Waals surface area (Å²) in [5, 5.41) is 15.4. The standard InChI is InChI=1S/C25H23N3O3S2/c1-25(2,24(30)31)13-12-21-26-14-20(33-21)17-8-10-18(11-9-17)27-22(29)23-28-19(15-32-23)16-6-4-3-5-7-16/h3-11,14-15H,12-13H2,1-2H3,(H,27,29)(H,30,31). The molecule has 4 aromatic rings. The van der Waals surface area contributed by atoms with Crippen LogP contribution in [0.2, 0.25) is 0 Å². The first-order valence-corrected chi connectivity index (χ1v) is 12.1. The number of aromatic nitrogens is 2. The van der Waals surface area contributed by atoms with Crippen molar-refractivity contribution in [2.24, 2.45) is 5.41 Å². The van der Waals surface area contributed by atoms with Crippen molar-refractivity contribution >= 4 is 40.2 Å². The number of rotatable bonds is 8. The van der Waals surface area contributed by atoms with Gasteiger partial charge in [-0.15, -0.1) is 22.7 Å². The molecular formula is C25H23N3O3S2. The topological polar surface area (TPSA) is 92.2 Å². The zero-order chi connectivity index (χ0) is 23.4. The van der Waals surface area contributed by atoms with Crippen LogP contribution in [0.15, 0.2) is 66.2 Å². The maximum absolute atomic E-state index is 12.6. The van der Waals surface area contributed by atoms with Gasteiger partial charge in [0.25, 0.3) is 5.91 Å². The monoisotopic (exact) mass is 477 g/mol. The molecule has 0 spiro atoms. The predicted octanol–water partition coefficient (Wildman–Crippen LogP) is 6.23. The van der Waals surface area contributed by atoms with Crippen molar-refractivity contribution in [1.29, 1.82) is 0 Å². The molecule has 0 bridgehead atoms. The smallest absolute Gasteiger partial charge is 0.309 e. The first kappa shape index (κ1) is 22.8. The summed E-state index contributed by atoms with van der Waals surface area (Å²) in [4.78, 5) is 33.8. The lowest BCUT2D eigenvalue weighted by atomic mass is 9.88. The van der Waals surface area contributed by atoms with Crippen LogP contribution in [0.1, 0.15) is 35.1 Å². The molecule has 0 aliphatic rings. The molecule has 0 aliphatic heterocycles. The summed E-state index contributed by atoms with van der Waals surface area (Å²) in [5.74, 6) is -1.04. The van der Waals surface area contributed by atoms with E-state index in [9.17, 15) is 14.7 Å². The second-order valence-electron chi connectivity index (χ2n) is 8.24. The van der Waals surface area contributed by atoms with E-state index in [2.05, 4.69) is 15.3 Å². The van der Waals surface area contributed by atoms with Crippen molar-refractivity contribution in [1.82, 2.24) is 9.97 Å². The van der Waals surface area contributed by atoms with Crippen LogP contribution in [0.4, 0.5) is 5.69 Å². The van der Waals surface area contributed by atoms with Crippen LogP contribution >= 0.6 is 22.7 Å². The molecule has 33 heavy (non-hydrogen) atoms. The number of anilines is 1. The van der Waals surface area contributed by atoms with Gasteiger partial charge in [-0.05, 0) is 38.0 Å². The number of carboxylic acid groups (broad SMARTS) is 1. The van der Waals surface area contributed by atoms with Crippen molar-refractivity contribution in [3.8, 4) is 21.7 Å². The summed E-state index contributed by atoms with van der Waals surface area (Å²) in [7, 11) is 0. The second kappa shape index (κ2) is 9.64. The maximum Gasteiger partial charge on any atom is 0.309 e. The Labute approximate surface area is 200 Å². The second-order valence-corrected chi connectivity index (χ2v) is 10.2. The molecule has 0 saturated carbocycles. The first-order valence-electron chi connectivity index (χ1n) is 10.4. The highest BCUT2D eigenvalue weighted by Gasteiger charge is 2.27. The summed E-state index contributed by atoms with van der Waals surface area (Å²) in [5.41, 5.74) is 2.68. The Morgan fingerprint density at radius 3 is 2.45 bits per heavy atom. The predicted molar refractivity (Wildman–Crippen MR) is 133 cm³/mol. The third-order valence-electron chi connectivity index (χ3n) is 5.29. The van der Waals surface area contributed by atoms with E-state index >= 15 is 0 Å². The number of nitrogens with zero attached hydrogens (tertiary/aromatic N) is 2. The summed E-state index contributed by atoms with van der Waals surface area (Å²) in [6.07, 6.45) is 2.96. The molecule has 168 valence electrons. The fourth-order valence-corrected chi connectivity index (χ4v) is 4.75. The largest absolute Gasteiger partial charge is 0.481 e. The summed E-state index contributed by atoms with van der Waals surface area (Å²) < 4.78 is 0. The Kier molecular flexibility index (Phi) is 6.67. The molecule has 2 aromatic carbocycles. The molecule has 0 aliphatic carbocycles. The van der Waals surface area contributed by atoms with Gasteiger partial charge < -0.3 is 10.4 Å². The molecule has 2 aromatic heterocycles. The number of hydrogen-bond acceptors (Lipinski definition) is 6. The zero-order valence-corrected chi connectivity index (χ0v) is 19.9. The average molecular weight is 478 g/mol. The highest BCUT2D eigenvalue weighted by molar-refractivity contribution is 7.15. The minimum absolute atomic E-state index is 0.240. The molecule has 6 nitrogen and oxygen atoms in total. The highest BCUT2D eigenvalue weighted by Crippen LogP contribution is 2.30. The van der Waals surface area contributed by atoms with E-state index < -0.39 is 11.4 Å². The molecule has 1 amide bonds. The number of aliphatic carboxylic acids is 1. The van der Waals surface area contributed by atoms with Crippen LogP contribution in [-0.2, 0) is 11.2 Å². The number of carbonyl (C=O) groups excluding carboxylic acids is 1. The molecule has 0 saturated heterocycles. The van der Waals surface area contributed by atoms with Crippen molar-refractivity contribution in [2.75, 3.05) is 5.32 Å². The van der Waals surface area contributed by atoms with E-state index in [0.717, 1.165) is 26.7 Å². The van der Waals surface area contributed by atoms with Gasteiger partial charge in [-0.25, -0.2) is 9.97 Å². The van der Waals surface area contributed by atoms with E-state index in [1.807, 2.05) is 66.2 Å². The number of carbonyl (C=O) groups is 2. The zero-order valence-electron chi connectivity index (χ0n) is 18.2. The third-order valence-corrected chi connectivity index (χ3v) is 7.24. The molecule has 0 unspecified atom stereocenters. The fourth-order valence-electron chi connectivity index (χ4n) is 3.11. The number of benzene rings is 2. The van der Waals surface area contributed by atoms with Gasteiger partial charge in [-0.3, -0.25) is 9.59 Å². The number of nitrogens with one attached hydrogen (secondary N) is 1. The average Bonchev–Trinajstić information content (AvgIpc) is 3.49. The quantitative estimate of drug-likeness (QED) is 0.314. The van der Waals surface area contributed by atoms with Gasteiger partial charge in [0.05, 0.1) is 21.0 Å². The molecule has 2 heterocycles. The van der Waals surface area contributed by atoms with E-state index in [4.69, 9.17) is 0 Å². The molecule has 0 atom stereocenters. The van der Waals surface area contributed by atoms with E-state index in [1.165, 1.54) is 11.3 Å². The highest BCUT2D eigenvalue weighted by atomic mass is 32.1. The van der Waals surface area contributed by atoms with Gasteiger partial charge in [0, 0.05) is 29.2 Å². The minimum Gasteiger partial charge on any atom is -0.481 e. The van der Waals surface area contributed by atoms with Crippen LogP contribution in [0.3, 0.4) is 0 Å². The Hall–Kier alpha value is -3.36. The van der Waals surface area contributed by atoms with Crippen molar-refractivity contribution in [2.45, 2.75) is 26.7 Å². The summed E-state index contributed by atoms with van der Waals surface area (Å²) in [6.45, 7) is 3.45. The van der Waals surface area contributed by atoms with Crippen LogP contribution in [-0.4, -0.2) is 27.0 Å². The Balaban J connectivity index is 1.38. The summed E-state index contributed by atoms with van der Waals surface area (Å²) in [6, 6.07) is 17.3. The van der Waals surface area contributed by atoms with Gasteiger partial charge >= 0.3 is 5.97 Å². The van der Waals surface area contributed by atoms with Crippen LogP contribution in [0.25, 0.3) is 21.7 Å². The molecule has 0 radical (unpaired) electrons. The van der Waals surface area contributed by atoms with Crippen molar-refractivity contribution < 1.29 is 14.7 Å². The lowest BCUT2D eigenvalue weighted by Gasteiger charge is -2.17. The molecule has 2 N–H and O–H groups in total. The molecular weight excluding hydrogens is 454 g/mol. The number of hydrogen-bond donors (Lipinski definition) is 2. The lowest BCUT2D eigenvalue weighted by molar-refractivity contribution is -0.147. The van der Waals surface area contributed by atoms with Crippen LogP contribution in [0, 0.1) is 5.41 Å². The number of aryl methyl sites for hydroxylation is 1. The Morgan fingerprint density at radius 1 is 1.03 bits per heavy atom. The normalized spacial score (nSPS) is 11.3. The lowest BCUT2D eigenvalue weighted by Crippen LogP contribution is -2.24. The molecule has 8 heteroatoms. The number of thiazole rings is 2. The number of carboxylic acids is 1. The number of amides is 1. The Morgan fingerprint density at radius 2 is 1.76 bits per heavy atom. The van der Waals surface area contributed by atoms with Crippen LogP contribution in [0.5, 0.6) is 0 Å². The van der Waals surface area contributed by atoms with E-state index in [0.29, 0.717) is 23.5 Å². The SMILES string of the molecule is CC(C)(CCc1ncc(-c2ccc(NC(=O)c3nc(-c4ccccc4)cs3)cc2)s1)C(=O)O. The van der Waals surface area contributed by atoms with Gasteiger partial charge in [0.15, 0.2) is 5.01 Å². The first-order chi connectivity index (χ1) is 15.8. The summed E-state index contributed by atoms with van der Waals surface area (Å²) >= 11 is 2.87. The molecule has 4 rings (SSSR count). The van der Waals surface area contributed by atoms with E-state index in [-0.39, 0.29) is 5.91 Å². The fraction of sp³-hybridized carbons (Fsp3) is 0.200. The molecule has 0 fully saturated rings. The van der Waals surface area contributed by atoms with Crippen molar-refractivity contribution in [3.63, 3.8) is 0 Å². The van der Waals surface area contributed by atoms with Gasteiger partial charge in [-0.2, -0.15) is 0 Å². The van der Waals surface area contributed by atoms with Crippen molar-refractivity contribution in [3.05, 3.63) is 76.2 Å². The van der Waals surface area contributed by atoms with Gasteiger partial charge in [0.2, 0.25) is 0 Å². The third kappa shape index (κ3) is 5.53. The van der Waals surface area contributed by atoms with E-state index in [1.54, 1.807) is 25.2 Å². The Bertz CT molecular complexity index is 1260. The van der Waals surface area contributed by atoms with Gasteiger partial charge in [-0.1, -0.05) is 42.5 Å². The van der Waals surface area contributed by atoms with Gasteiger partial charge in [0.1, 0.15) is 0 Å².